The number of carbonyl (C=O) groups is 1. The standard InChI is InChI=1S/C13H15N3O2S2/c1-8(19-13-16-15-12(14-2)20-13)11(17)9-4-6-10(18-3)7-5-9/h4-8H,1-3H3,(H,14,15)/t8-/m1/s1. The average molecular weight is 309 g/mol. The number of ether oxygens (including phenoxy) is 1. The minimum Gasteiger partial charge on any atom is -0.497 e. The van der Waals surface area contributed by atoms with Crippen LogP contribution in [0.1, 0.15) is 17.3 Å². The first-order chi connectivity index (χ1) is 9.63. The van der Waals surface area contributed by atoms with Crippen LogP contribution in [0, 0.1) is 0 Å². The second-order valence-corrected chi connectivity index (χ2v) is 6.54. The Morgan fingerprint density at radius 2 is 2.05 bits per heavy atom. The summed E-state index contributed by atoms with van der Waals surface area (Å²) in [5.74, 6) is 0.809. The van der Waals surface area contributed by atoms with Crippen molar-refractivity contribution in [3.05, 3.63) is 29.8 Å². The van der Waals surface area contributed by atoms with Gasteiger partial charge in [0.1, 0.15) is 5.75 Å². The molecule has 0 amide bonds. The molecule has 1 atom stereocenters. The lowest BCUT2D eigenvalue weighted by molar-refractivity contribution is 0.0994. The second kappa shape index (κ2) is 6.71. The molecule has 20 heavy (non-hydrogen) atoms. The van der Waals surface area contributed by atoms with Gasteiger partial charge in [0.2, 0.25) is 5.13 Å². The number of rotatable bonds is 6. The van der Waals surface area contributed by atoms with E-state index in [4.69, 9.17) is 4.74 Å². The predicted octanol–water partition coefficient (Wildman–Crippen LogP) is 2.95. The molecular formula is C13H15N3O2S2. The van der Waals surface area contributed by atoms with Crippen LogP contribution in [-0.2, 0) is 0 Å². The van der Waals surface area contributed by atoms with Crippen molar-refractivity contribution in [2.45, 2.75) is 16.5 Å². The van der Waals surface area contributed by atoms with Crippen LogP contribution >= 0.6 is 23.1 Å². The van der Waals surface area contributed by atoms with E-state index in [9.17, 15) is 4.79 Å². The summed E-state index contributed by atoms with van der Waals surface area (Å²) in [7, 11) is 3.39. The molecule has 0 aliphatic rings. The van der Waals surface area contributed by atoms with Crippen molar-refractivity contribution in [1.29, 1.82) is 0 Å². The molecule has 1 aromatic heterocycles. The zero-order chi connectivity index (χ0) is 14.5. The van der Waals surface area contributed by atoms with Gasteiger partial charge in [0.25, 0.3) is 0 Å². The first-order valence-corrected chi connectivity index (χ1v) is 7.70. The third kappa shape index (κ3) is 3.49. The molecule has 5 nitrogen and oxygen atoms in total. The summed E-state index contributed by atoms with van der Waals surface area (Å²) in [5.41, 5.74) is 0.671. The van der Waals surface area contributed by atoms with Gasteiger partial charge in [-0.3, -0.25) is 4.79 Å². The number of aromatic nitrogens is 2. The number of Topliss-reactive ketones (excluding diaryl/α,β-unsaturated/α-hetero) is 1. The van der Waals surface area contributed by atoms with Crippen LogP contribution in [-0.4, -0.2) is 35.4 Å². The van der Waals surface area contributed by atoms with E-state index in [1.807, 2.05) is 6.92 Å². The maximum absolute atomic E-state index is 12.3. The third-order valence-corrected chi connectivity index (χ3v) is 4.77. The predicted molar refractivity (Wildman–Crippen MR) is 82.1 cm³/mol. The Balaban J connectivity index is 2.03. The van der Waals surface area contributed by atoms with Gasteiger partial charge in [-0.2, -0.15) is 0 Å². The maximum Gasteiger partial charge on any atom is 0.206 e. The summed E-state index contributed by atoms with van der Waals surface area (Å²) in [4.78, 5) is 12.3. The van der Waals surface area contributed by atoms with Crippen molar-refractivity contribution >= 4 is 34.0 Å². The number of anilines is 1. The van der Waals surface area contributed by atoms with Crippen LogP contribution < -0.4 is 10.1 Å². The Bertz CT molecular complexity index is 584. The summed E-state index contributed by atoms with van der Waals surface area (Å²) >= 11 is 2.85. The monoisotopic (exact) mass is 309 g/mol. The van der Waals surface area contributed by atoms with Crippen molar-refractivity contribution in [2.24, 2.45) is 0 Å². The van der Waals surface area contributed by atoms with E-state index >= 15 is 0 Å². The maximum atomic E-state index is 12.3. The van der Waals surface area contributed by atoms with Crippen molar-refractivity contribution in [3.8, 4) is 5.75 Å². The lowest BCUT2D eigenvalue weighted by Crippen LogP contribution is -2.13. The topological polar surface area (TPSA) is 64.1 Å². The molecule has 1 aromatic carbocycles. The molecule has 0 aliphatic heterocycles. The molecule has 0 fully saturated rings. The lowest BCUT2D eigenvalue weighted by atomic mass is 10.1. The van der Waals surface area contributed by atoms with Gasteiger partial charge in [-0.15, -0.1) is 10.2 Å². The molecule has 0 bridgehead atoms. The number of thioether (sulfide) groups is 1. The number of benzene rings is 1. The van der Waals surface area contributed by atoms with Crippen LogP contribution in [0.3, 0.4) is 0 Å². The quantitative estimate of drug-likeness (QED) is 0.654. The smallest absolute Gasteiger partial charge is 0.206 e. The highest BCUT2D eigenvalue weighted by Crippen LogP contribution is 2.30. The fraction of sp³-hybridized carbons (Fsp3) is 0.308. The van der Waals surface area contributed by atoms with Crippen LogP contribution in [0.15, 0.2) is 28.6 Å². The van der Waals surface area contributed by atoms with Gasteiger partial charge >= 0.3 is 0 Å². The lowest BCUT2D eigenvalue weighted by Gasteiger charge is -2.08. The molecule has 2 aromatic rings. The van der Waals surface area contributed by atoms with Gasteiger partial charge in [-0.05, 0) is 31.2 Å². The number of nitrogens with zero attached hydrogens (tertiary/aromatic N) is 2. The zero-order valence-corrected chi connectivity index (χ0v) is 13.0. The summed E-state index contributed by atoms with van der Waals surface area (Å²) in [6, 6.07) is 7.12. The molecule has 7 heteroatoms. The molecule has 0 aliphatic carbocycles. The van der Waals surface area contributed by atoms with Gasteiger partial charge in [-0.1, -0.05) is 23.1 Å². The first-order valence-electron chi connectivity index (χ1n) is 6.00. The van der Waals surface area contributed by atoms with Crippen molar-refractivity contribution in [1.82, 2.24) is 10.2 Å². The number of carbonyl (C=O) groups excluding carboxylic acids is 1. The summed E-state index contributed by atoms with van der Waals surface area (Å²) in [5, 5.41) is 11.4. The fourth-order valence-corrected chi connectivity index (χ4v) is 3.48. The molecular weight excluding hydrogens is 294 g/mol. The highest BCUT2D eigenvalue weighted by molar-refractivity contribution is 8.02. The Morgan fingerprint density at radius 3 is 2.60 bits per heavy atom. The molecule has 0 spiro atoms. The van der Waals surface area contributed by atoms with E-state index in [2.05, 4.69) is 15.5 Å². The van der Waals surface area contributed by atoms with Gasteiger partial charge < -0.3 is 10.1 Å². The highest BCUT2D eigenvalue weighted by atomic mass is 32.2. The molecule has 2 rings (SSSR count). The zero-order valence-electron chi connectivity index (χ0n) is 11.4. The third-order valence-electron chi connectivity index (χ3n) is 2.64. The Kier molecular flexibility index (Phi) is 4.97. The van der Waals surface area contributed by atoms with Crippen molar-refractivity contribution in [3.63, 3.8) is 0 Å². The van der Waals surface area contributed by atoms with E-state index < -0.39 is 0 Å². The molecule has 106 valence electrons. The van der Waals surface area contributed by atoms with Crippen molar-refractivity contribution < 1.29 is 9.53 Å². The van der Waals surface area contributed by atoms with E-state index in [-0.39, 0.29) is 11.0 Å². The molecule has 1 heterocycles. The van der Waals surface area contributed by atoms with Gasteiger partial charge in [0.15, 0.2) is 10.1 Å². The van der Waals surface area contributed by atoms with Crippen LogP contribution in [0.2, 0.25) is 0 Å². The van der Waals surface area contributed by atoms with Crippen LogP contribution in [0.5, 0.6) is 5.75 Å². The van der Waals surface area contributed by atoms with Crippen molar-refractivity contribution in [2.75, 3.05) is 19.5 Å². The van der Waals surface area contributed by atoms with Gasteiger partial charge in [0.05, 0.1) is 12.4 Å². The molecule has 0 saturated heterocycles. The summed E-state index contributed by atoms with van der Waals surface area (Å²) in [6.07, 6.45) is 0. The van der Waals surface area contributed by atoms with E-state index in [0.29, 0.717) is 5.56 Å². The van der Waals surface area contributed by atoms with E-state index in [0.717, 1.165) is 15.2 Å². The van der Waals surface area contributed by atoms with Gasteiger partial charge in [-0.25, -0.2) is 0 Å². The SMILES string of the molecule is CNc1nnc(S[C@H](C)C(=O)c2ccc(OC)cc2)s1. The molecule has 0 radical (unpaired) electrons. The van der Waals surface area contributed by atoms with Crippen LogP contribution in [0.4, 0.5) is 5.13 Å². The minimum atomic E-state index is -0.207. The normalized spacial score (nSPS) is 11.9. The Hall–Kier alpha value is -1.60. The number of ketones is 1. The van der Waals surface area contributed by atoms with E-state index in [1.54, 1.807) is 38.4 Å². The number of hydrogen-bond donors (Lipinski definition) is 1. The van der Waals surface area contributed by atoms with Gasteiger partial charge in [0, 0.05) is 12.6 Å². The fourth-order valence-electron chi connectivity index (χ4n) is 1.55. The number of methoxy groups -OCH3 is 1. The molecule has 0 saturated carbocycles. The number of nitrogens with one attached hydrogen (secondary N) is 1. The minimum absolute atomic E-state index is 0.0684. The first kappa shape index (κ1) is 14.8. The van der Waals surface area contributed by atoms with E-state index in [1.165, 1.54) is 23.1 Å². The highest BCUT2D eigenvalue weighted by Gasteiger charge is 2.18. The molecule has 1 N–H and O–H groups in total. The second-order valence-electron chi connectivity index (χ2n) is 3.98. The summed E-state index contributed by atoms with van der Waals surface area (Å²) < 4.78 is 5.86. The molecule has 0 unspecified atom stereocenters. The van der Waals surface area contributed by atoms with Crippen LogP contribution in [0.25, 0.3) is 0 Å². The summed E-state index contributed by atoms with van der Waals surface area (Å²) in [6.45, 7) is 1.87. The number of hydrogen-bond acceptors (Lipinski definition) is 7. The largest absolute Gasteiger partial charge is 0.497 e. The Morgan fingerprint density at radius 1 is 1.35 bits per heavy atom. The Labute approximate surface area is 125 Å². The average Bonchev–Trinajstić information content (AvgIpc) is 2.94.